The van der Waals surface area contributed by atoms with Crippen LogP contribution in [0.2, 0.25) is 0 Å². The molecule has 0 aliphatic carbocycles. The smallest absolute Gasteiger partial charge is 0.258 e. The van der Waals surface area contributed by atoms with Gasteiger partial charge in [-0.05, 0) is 36.4 Å². The Morgan fingerprint density at radius 2 is 1.77 bits per heavy atom. The van der Waals surface area contributed by atoms with Crippen molar-refractivity contribution >= 4 is 23.2 Å². The van der Waals surface area contributed by atoms with E-state index >= 15 is 0 Å². The summed E-state index contributed by atoms with van der Waals surface area (Å²) >= 11 is 0. The van der Waals surface area contributed by atoms with Gasteiger partial charge in [0.1, 0.15) is 11.8 Å². The lowest BCUT2D eigenvalue weighted by atomic mass is 10.2. The van der Waals surface area contributed by atoms with Crippen LogP contribution in [0.5, 0.6) is 5.75 Å². The van der Waals surface area contributed by atoms with Gasteiger partial charge in [0.15, 0.2) is 0 Å². The van der Waals surface area contributed by atoms with E-state index in [1.807, 2.05) is 0 Å². The van der Waals surface area contributed by atoms with E-state index in [-0.39, 0.29) is 5.91 Å². The van der Waals surface area contributed by atoms with Crippen LogP contribution in [0.15, 0.2) is 60.9 Å². The molecule has 7 nitrogen and oxygen atoms in total. The number of para-hydroxylation sites is 1. The Hall–Kier alpha value is -3.92. The molecule has 0 unspecified atom stereocenters. The number of carbonyl (C=O) groups is 1. The summed E-state index contributed by atoms with van der Waals surface area (Å²) in [7, 11) is 1.58. The van der Waals surface area contributed by atoms with E-state index in [0.717, 1.165) is 0 Å². The number of amides is 1. The predicted octanol–water partition coefficient (Wildman–Crippen LogP) is 3.35. The van der Waals surface area contributed by atoms with Gasteiger partial charge in [-0.25, -0.2) is 9.97 Å². The normalized spacial score (nSPS) is 9.85. The van der Waals surface area contributed by atoms with Crippen LogP contribution in [0.1, 0.15) is 15.9 Å². The van der Waals surface area contributed by atoms with Crippen molar-refractivity contribution in [3.8, 4) is 11.8 Å². The highest BCUT2D eigenvalue weighted by Crippen LogP contribution is 2.18. The molecule has 0 spiro atoms. The van der Waals surface area contributed by atoms with Gasteiger partial charge in [0, 0.05) is 18.1 Å². The second-order valence-corrected chi connectivity index (χ2v) is 5.26. The van der Waals surface area contributed by atoms with Crippen LogP contribution >= 0.6 is 0 Å². The lowest BCUT2D eigenvalue weighted by Crippen LogP contribution is -2.13. The molecular weight excluding hydrogens is 330 g/mol. The Kier molecular flexibility index (Phi) is 5.05. The molecule has 3 aromatic rings. The number of hydrogen-bond donors (Lipinski definition) is 2. The highest BCUT2D eigenvalue weighted by atomic mass is 16.5. The molecule has 0 aliphatic heterocycles. The molecule has 0 atom stereocenters. The van der Waals surface area contributed by atoms with Gasteiger partial charge >= 0.3 is 0 Å². The van der Waals surface area contributed by atoms with Crippen molar-refractivity contribution in [1.82, 2.24) is 9.97 Å². The number of aromatic nitrogens is 2. The molecule has 0 aliphatic rings. The molecule has 26 heavy (non-hydrogen) atoms. The molecule has 0 saturated heterocycles. The molecular formula is C19H15N5O2. The third kappa shape index (κ3) is 3.94. The van der Waals surface area contributed by atoms with Crippen LogP contribution < -0.4 is 15.4 Å². The SMILES string of the molecule is COc1ccc(NC(=O)c2cnc(Nc3ccccc3C#N)nc2)cc1. The van der Waals surface area contributed by atoms with Crippen LogP contribution in [-0.4, -0.2) is 23.0 Å². The molecule has 1 aromatic heterocycles. The first-order valence-corrected chi connectivity index (χ1v) is 7.73. The summed E-state index contributed by atoms with van der Waals surface area (Å²) in [6.07, 6.45) is 2.84. The Morgan fingerprint density at radius 1 is 1.08 bits per heavy atom. The summed E-state index contributed by atoms with van der Waals surface area (Å²) in [5.74, 6) is 0.687. The number of hydrogen-bond acceptors (Lipinski definition) is 6. The molecule has 128 valence electrons. The highest BCUT2D eigenvalue weighted by Gasteiger charge is 2.09. The molecule has 2 N–H and O–H groups in total. The summed E-state index contributed by atoms with van der Waals surface area (Å²) < 4.78 is 5.08. The summed E-state index contributed by atoms with van der Waals surface area (Å²) in [5, 5.41) is 14.8. The van der Waals surface area contributed by atoms with E-state index in [2.05, 4.69) is 26.7 Å². The van der Waals surface area contributed by atoms with Gasteiger partial charge in [0.2, 0.25) is 5.95 Å². The number of benzene rings is 2. The molecule has 1 heterocycles. The Balaban J connectivity index is 1.68. The van der Waals surface area contributed by atoms with Gasteiger partial charge in [-0.3, -0.25) is 4.79 Å². The van der Waals surface area contributed by atoms with Crippen molar-refractivity contribution in [3.05, 3.63) is 72.1 Å². The largest absolute Gasteiger partial charge is 0.497 e. The average Bonchev–Trinajstić information content (AvgIpc) is 2.69. The van der Waals surface area contributed by atoms with Crippen LogP contribution in [0, 0.1) is 11.3 Å². The van der Waals surface area contributed by atoms with Gasteiger partial charge in [-0.2, -0.15) is 5.26 Å². The summed E-state index contributed by atoms with van der Waals surface area (Å²) in [6.45, 7) is 0. The molecule has 7 heteroatoms. The first kappa shape index (κ1) is 16.9. The number of ether oxygens (including phenoxy) is 1. The zero-order chi connectivity index (χ0) is 18.4. The maximum absolute atomic E-state index is 12.3. The van der Waals surface area contributed by atoms with Gasteiger partial charge in [0.05, 0.1) is 23.9 Å². The molecule has 0 radical (unpaired) electrons. The highest BCUT2D eigenvalue weighted by molar-refractivity contribution is 6.03. The van der Waals surface area contributed by atoms with Crippen LogP contribution in [0.3, 0.4) is 0 Å². The minimum absolute atomic E-state index is 0.300. The van der Waals surface area contributed by atoms with Crippen molar-refractivity contribution in [2.45, 2.75) is 0 Å². The second-order valence-electron chi connectivity index (χ2n) is 5.26. The Bertz CT molecular complexity index is 947. The zero-order valence-electron chi connectivity index (χ0n) is 13.9. The summed E-state index contributed by atoms with van der Waals surface area (Å²) in [6, 6.07) is 16.1. The Labute approximate surface area is 150 Å². The third-order valence-electron chi connectivity index (χ3n) is 3.56. The van der Waals surface area contributed by atoms with Crippen molar-refractivity contribution in [2.75, 3.05) is 17.7 Å². The van der Waals surface area contributed by atoms with Crippen molar-refractivity contribution in [2.24, 2.45) is 0 Å². The van der Waals surface area contributed by atoms with Gasteiger partial charge in [-0.15, -0.1) is 0 Å². The van der Waals surface area contributed by atoms with Crippen LogP contribution in [0.25, 0.3) is 0 Å². The molecule has 0 saturated carbocycles. The molecule has 0 bridgehead atoms. The fourth-order valence-corrected chi connectivity index (χ4v) is 2.20. The quantitative estimate of drug-likeness (QED) is 0.735. The Morgan fingerprint density at radius 3 is 2.42 bits per heavy atom. The number of anilines is 3. The van der Waals surface area contributed by atoms with E-state index in [1.165, 1.54) is 12.4 Å². The second kappa shape index (κ2) is 7.77. The number of nitriles is 1. The fraction of sp³-hybridized carbons (Fsp3) is 0.0526. The topological polar surface area (TPSA) is 99.9 Å². The first-order valence-electron chi connectivity index (χ1n) is 7.73. The maximum atomic E-state index is 12.3. The third-order valence-corrected chi connectivity index (χ3v) is 3.56. The average molecular weight is 345 g/mol. The van der Waals surface area contributed by atoms with E-state index < -0.39 is 0 Å². The lowest BCUT2D eigenvalue weighted by Gasteiger charge is -2.08. The number of nitrogens with zero attached hydrogens (tertiary/aromatic N) is 3. The summed E-state index contributed by atoms with van der Waals surface area (Å²) in [4.78, 5) is 20.5. The van der Waals surface area contributed by atoms with E-state index in [4.69, 9.17) is 10.00 Å². The van der Waals surface area contributed by atoms with Gasteiger partial charge in [-0.1, -0.05) is 12.1 Å². The minimum Gasteiger partial charge on any atom is -0.497 e. The number of nitrogens with one attached hydrogen (secondary N) is 2. The van der Waals surface area contributed by atoms with E-state index in [9.17, 15) is 4.79 Å². The monoisotopic (exact) mass is 345 g/mol. The first-order chi connectivity index (χ1) is 12.7. The van der Waals surface area contributed by atoms with Crippen LogP contribution in [0.4, 0.5) is 17.3 Å². The molecule has 3 rings (SSSR count). The number of methoxy groups -OCH3 is 1. The van der Waals surface area contributed by atoms with Gasteiger partial charge in [0.25, 0.3) is 5.91 Å². The van der Waals surface area contributed by atoms with Crippen molar-refractivity contribution in [3.63, 3.8) is 0 Å². The van der Waals surface area contributed by atoms with Crippen molar-refractivity contribution in [1.29, 1.82) is 5.26 Å². The standard InChI is InChI=1S/C19H15N5O2/c1-26-16-8-6-15(7-9-16)23-18(25)14-11-21-19(22-12-14)24-17-5-3-2-4-13(17)10-20/h2-9,11-12H,1H3,(H,23,25)(H,21,22,24). The zero-order valence-corrected chi connectivity index (χ0v) is 13.9. The molecule has 2 aromatic carbocycles. The lowest BCUT2D eigenvalue weighted by molar-refractivity contribution is 0.102. The van der Waals surface area contributed by atoms with Crippen LogP contribution in [-0.2, 0) is 0 Å². The number of rotatable bonds is 5. The maximum Gasteiger partial charge on any atom is 0.258 e. The fourth-order valence-electron chi connectivity index (χ4n) is 2.20. The number of carbonyl (C=O) groups excluding carboxylic acids is 1. The summed E-state index contributed by atoms with van der Waals surface area (Å²) in [5.41, 5.74) is 2.05. The predicted molar refractivity (Wildman–Crippen MR) is 97.4 cm³/mol. The van der Waals surface area contributed by atoms with E-state index in [1.54, 1.807) is 55.6 Å². The minimum atomic E-state index is -0.320. The van der Waals surface area contributed by atoms with Gasteiger partial charge < -0.3 is 15.4 Å². The molecule has 1 amide bonds. The van der Waals surface area contributed by atoms with E-state index in [0.29, 0.717) is 34.2 Å². The van der Waals surface area contributed by atoms with Crippen molar-refractivity contribution < 1.29 is 9.53 Å². The molecule has 0 fully saturated rings.